The number of hydrogen-bond acceptors (Lipinski definition) is 5. The molecule has 182 valence electrons. The lowest BCUT2D eigenvalue weighted by molar-refractivity contribution is -0.137. The van der Waals surface area contributed by atoms with Gasteiger partial charge in [-0.3, -0.25) is 14.4 Å². The van der Waals surface area contributed by atoms with Gasteiger partial charge in [0.25, 0.3) is 0 Å². The van der Waals surface area contributed by atoms with Gasteiger partial charge >= 0.3 is 5.97 Å². The van der Waals surface area contributed by atoms with E-state index in [9.17, 15) is 19.5 Å². The van der Waals surface area contributed by atoms with Crippen LogP contribution in [-0.2, 0) is 9.59 Å². The molecule has 1 aromatic heterocycles. The Kier molecular flexibility index (Phi) is 6.25. The summed E-state index contributed by atoms with van der Waals surface area (Å²) in [6.45, 7) is 0. The molecule has 1 amide bonds. The number of carboxylic acid groups (broad SMARTS) is 1. The van der Waals surface area contributed by atoms with Crippen molar-refractivity contribution >= 4 is 34.4 Å². The number of Topliss-reactive ketones (excluding diaryl/α,β-unsaturated/α-hetero) is 1. The van der Waals surface area contributed by atoms with E-state index in [0.717, 1.165) is 16.6 Å². The quantitative estimate of drug-likeness (QED) is 0.372. The van der Waals surface area contributed by atoms with E-state index in [2.05, 4.69) is 10.3 Å². The van der Waals surface area contributed by atoms with Gasteiger partial charge in [-0.2, -0.15) is 0 Å². The number of benzene rings is 3. The minimum atomic E-state index is -0.904. The minimum Gasteiger partial charge on any atom is -0.497 e. The fraction of sp³-hybridized carbons (Fsp3) is 0.214. The second kappa shape index (κ2) is 9.65. The van der Waals surface area contributed by atoms with E-state index in [1.165, 1.54) is 0 Å². The summed E-state index contributed by atoms with van der Waals surface area (Å²) in [4.78, 5) is 41.2. The number of methoxy groups -OCH3 is 1. The SMILES string of the molecule is COc1ccc2c(c1)C(CC(=O)Nc1ccc3c(c1)ncn3C(CC(=O)O)c1ccccc1)CC2=O. The fourth-order valence-corrected chi connectivity index (χ4v) is 4.90. The van der Waals surface area contributed by atoms with Crippen LogP contribution in [0, 0.1) is 0 Å². The number of amides is 1. The van der Waals surface area contributed by atoms with Gasteiger partial charge in [-0.15, -0.1) is 0 Å². The molecule has 0 radical (unpaired) electrons. The second-order valence-electron chi connectivity index (χ2n) is 8.91. The average Bonchev–Trinajstić information content (AvgIpc) is 3.43. The summed E-state index contributed by atoms with van der Waals surface area (Å²) in [5.74, 6) is -0.610. The Labute approximate surface area is 207 Å². The van der Waals surface area contributed by atoms with Crippen molar-refractivity contribution in [2.24, 2.45) is 0 Å². The molecule has 1 aliphatic rings. The van der Waals surface area contributed by atoms with Gasteiger partial charge in [-0.05, 0) is 47.5 Å². The second-order valence-corrected chi connectivity index (χ2v) is 8.91. The normalized spacial score (nSPS) is 15.5. The number of aromatic nitrogens is 2. The number of ketones is 1. The lowest BCUT2D eigenvalue weighted by Gasteiger charge is -2.18. The van der Waals surface area contributed by atoms with Crippen molar-refractivity contribution in [1.82, 2.24) is 9.55 Å². The van der Waals surface area contributed by atoms with Crippen molar-refractivity contribution in [2.45, 2.75) is 31.2 Å². The zero-order valence-electron chi connectivity index (χ0n) is 19.7. The molecule has 0 bridgehead atoms. The Morgan fingerprint density at radius 3 is 2.69 bits per heavy atom. The average molecular weight is 484 g/mol. The molecule has 2 N–H and O–H groups in total. The predicted molar refractivity (Wildman–Crippen MR) is 134 cm³/mol. The lowest BCUT2D eigenvalue weighted by atomic mass is 9.97. The van der Waals surface area contributed by atoms with Crippen LogP contribution in [0.15, 0.2) is 73.1 Å². The van der Waals surface area contributed by atoms with Gasteiger partial charge in [0.05, 0.1) is 36.9 Å². The molecule has 0 saturated carbocycles. The summed E-state index contributed by atoms with van der Waals surface area (Å²) in [6, 6.07) is 19.7. The monoisotopic (exact) mass is 483 g/mol. The third-order valence-electron chi connectivity index (χ3n) is 6.61. The van der Waals surface area contributed by atoms with E-state index < -0.39 is 12.0 Å². The standard InChI is InChI=1S/C28H25N3O5/c1-36-20-8-9-21-22(14-20)18(11-26(21)32)12-27(33)30-19-7-10-24-23(13-19)29-16-31(24)25(15-28(34)35)17-5-3-2-4-6-17/h2-10,13-14,16,18,25H,11-12,15H2,1H3,(H,30,33)(H,34,35). The molecule has 0 aliphatic heterocycles. The zero-order chi connectivity index (χ0) is 25.2. The highest BCUT2D eigenvalue weighted by atomic mass is 16.5. The van der Waals surface area contributed by atoms with Gasteiger partial charge in [-0.1, -0.05) is 30.3 Å². The van der Waals surface area contributed by atoms with E-state index in [1.807, 2.05) is 47.0 Å². The molecule has 4 aromatic rings. The first kappa shape index (κ1) is 23.3. The molecule has 8 heteroatoms. The van der Waals surface area contributed by atoms with Crippen molar-refractivity contribution < 1.29 is 24.2 Å². The highest BCUT2D eigenvalue weighted by Gasteiger charge is 2.31. The number of fused-ring (bicyclic) bond motifs is 2. The van der Waals surface area contributed by atoms with Gasteiger partial charge in [-0.25, -0.2) is 4.98 Å². The topological polar surface area (TPSA) is 111 Å². The summed E-state index contributed by atoms with van der Waals surface area (Å²) in [5, 5.41) is 12.4. The largest absolute Gasteiger partial charge is 0.497 e. The molecule has 0 fully saturated rings. The molecule has 5 rings (SSSR count). The van der Waals surface area contributed by atoms with Gasteiger partial charge in [0.2, 0.25) is 5.91 Å². The number of nitrogens with one attached hydrogen (secondary N) is 1. The number of hydrogen-bond donors (Lipinski definition) is 2. The Bertz CT molecular complexity index is 1460. The molecule has 3 aromatic carbocycles. The van der Waals surface area contributed by atoms with Crippen LogP contribution in [0.2, 0.25) is 0 Å². The first-order valence-corrected chi connectivity index (χ1v) is 11.7. The van der Waals surface area contributed by atoms with Gasteiger partial charge in [0.1, 0.15) is 5.75 Å². The molecule has 2 atom stereocenters. The third-order valence-corrected chi connectivity index (χ3v) is 6.61. The Balaban J connectivity index is 1.34. The number of ether oxygens (including phenoxy) is 1. The summed E-state index contributed by atoms with van der Waals surface area (Å²) in [6.07, 6.45) is 2.02. The Morgan fingerprint density at radius 2 is 1.94 bits per heavy atom. The van der Waals surface area contributed by atoms with Crippen LogP contribution in [-0.4, -0.2) is 39.4 Å². The van der Waals surface area contributed by atoms with Crippen LogP contribution in [0.3, 0.4) is 0 Å². The van der Waals surface area contributed by atoms with Crippen molar-refractivity contribution in [3.05, 3.63) is 89.7 Å². The summed E-state index contributed by atoms with van der Waals surface area (Å²) < 4.78 is 7.13. The lowest BCUT2D eigenvalue weighted by Crippen LogP contribution is -2.15. The molecule has 0 spiro atoms. The van der Waals surface area contributed by atoms with Crippen LogP contribution in [0.25, 0.3) is 11.0 Å². The zero-order valence-corrected chi connectivity index (χ0v) is 19.7. The van der Waals surface area contributed by atoms with E-state index in [4.69, 9.17) is 4.74 Å². The maximum Gasteiger partial charge on any atom is 0.305 e. The van der Waals surface area contributed by atoms with E-state index in [0.29, 0.717) is 28.9 Å². The Hall–Kier alpha value is -4.46. The van der Waals surface area contributed by atoms with Crippen molar-refractivity contribution in [3.63, 3.8) is 0 Å². The predicted octanol–water partition coefficient (Wildman–Crippen LogP) is 4.81. The van der Waals surface area contributed by atoms with E-state index in [-0.39, 0.29) is 30.4 Å². The molecular formula is C28H25N3O5. The van der Waals surface area contributed by atoms with Crippen molar-refractivity contribution in [2.75, 3.05) is 12.4 Å². The highest BCUT2D eigenvalue weighted by Crippen LogP contribution is 2.38. The first-order valence-electron chi connectivity index (χ1n) is 11.7. The highest BCUT2D eigenvalue weighted by molar-refractivity contribution is 6.03. The number of anilines is 1. The van der Waals surface area contributed by atoms with Crippen LogP contribution < -0.4 is 10.1 Å². The first-order chi connectivity index (χ1) is 17.4. The maximum absolute atomic E-state index is 12.9. The molecule has 8 nitrogen and oxygen atoms in total. The van der Waals surface area contributed by atoms with E-state index >= 15 is 0 Å². The van der Waals surface area contributed by atoms with Gasteiger partial charge in [0, 0.05) is 30.0 Å². The summed E-state index contributed by atoms with van der Waals surface area (Å²) in [5.41, 5.74) is 4.36. The number of carboxylic acids is 1. The molecule has 1 heterocycles. The van der Waals surface area contributed by atoms with E-state index in [1.54, 1.807) is 37.7 Å². The number of rotatable bonds is 8. The van der Waals surface area contributed by atoms with Gasteiger partial charge < -0.3 is 19.7 Å². The minimum absolute atomic E-state index is 0.0340. The fourth-order valence-electron chi connectivity index (χ4n) is 4.90. The van der Waals surface area contributed by atoms with Crippen LogP contribution >= 0.6 is 0 Å². The number of nitrogens with zero attached hydrogens (tertiary/aromatic N) is 2. The summed E-state index contributed by atoms with van der Waals surface area (Å²) in [7, 11) is 1.57. The number of carbonyl (C=O) groups excluding carboxylic acids is 2. The summed E-state index contributed by atoms with van der Waals surface area (Å²) >= 11 is 0. The molecular weight excluding hydrogens is 458 g/mol. The number of imidazole rings is 1. The molecule has 0 saturated heterocycles. The molecule has 1 aliphatic carbocycles. The number of aliphatic carboxylic acids is 1. The van der Waals surface area contributed by atoms with Crippen molar-refractivity contribution in [3.8, 4) is 5.75 Å². The van der Waals surface area contributed by atoms with Crippen molar-refractivity contribution in [1.29, 1.82) is 0 Å². The number of carbonyl (C=O) groups is 3. The smallest absolute Gasteiger partial charge is 0.305 e. The molecule has 36 heavy (non-hydrogen) atoms. The third kappa shape index (κ3) is 4.57. The molecule has 2 unspecified atom stereocenters. The van der Waals surface area contributed by atoms with Crippen LogP contribution in [0.5, 0.6) is 5.75 Å². The van der Waals surface area contributed by atoms with Crippen LogP contribution in [0.1, 0.15) is 52.7 Å². The van der Waals surface area contributed by atoms with Crippen LogP contribution in [0.4, 0.5) is 5.69 Å². The maximum atomic E-state index is 12.9. The van der Waals surface area contributed by atoms with Gasteiger partial charge in [0.15, 0.2) is 5.78 Å². The Morgan fingerprint density at radius 1 is 1.14 bits per heavy atom.